The van der Waals surface area contributed by atoms with Crippen LogP contribution in [-0.4, -0.2) is 41.3 Å². The Balaban J connectivity index is 1.30. The van der Waals surface area contributed by atoms with Gasteiger partial charge in [-0.25, -0.2) is 4.79 Å². The average Bonchev–Trinajstić information content (AvgIpc) is 3.19. The first-order chi connectivity index (χ1) is 16.5. The Morgan fingerprint density at radius 1 is 1.17 bits per heavy atom. The second-order valence-corrected chi connectivity index (χ2v) is 13.2. The SMILES string of the molecule is CCC1=C(C)CC(C(C)C2CCC3C4COC5(C)C(O)C=CC(=O)C56C(C)C46CCC23C)OC1=O. The number of esters is 1. The molecule has 11 unspecified atom stereocenters. The number of cyclic esters (lactones) is 1. The van der Waals surface area contributed by atoms with Crippen LogP contribution in [0.4, 0.5) is 0 Å². The van der Waals surface area contributed by atoms with Gasteiger partial charge < -0.3 is 14.6 Å². The molecule has 0 amide bonds. The highest BCUT2D eigenvalue weighted by atomic mass is 16.5. The van der Waals surface area contributed by atoms with Gasteiger partial charge in [-0.15, -0.1) is 0 Å². The second-order valence-electron chi connectivity index (χ2n) is 13.2. The fourth-order valence-corrected chi connectivity index (χ4v) is 10.9. The number of aliphatic hydroxyl groups is 1. The summed E-state index contributed by atoms with van der Waals surface area (Å²) in [5.41, 5.74) is 0.700. The third-order valence-corrected chi connectivity index (χ3v) is 12.6. The average molecular weight is 483 g/mol. The lowest BCUT2D eigenvalue weighted by molar-refractivity contribution is -0.221. The van der Waals surface area contributed by atoms with E-state index in [4.69, 9.17) is 9.47 Å². The van der Waals surface area contributed by atoms with Crippen molar-refractivity contribution in [2.24, 2.45) is 45.8 Å². The first kappa shape index (κ1) is 23.9. The standard InChI is InChI=1S/C30H42O5/c1-7-19-16(2)14-23(35-26(19)33)17(3)20-8-9-21-22-15-34-28(6)24(31)10-11-25(32)30(28)18(4)29(22,30)13-12-27(20,21)5/h10-11,17-18,20-24,31H,7-9,12-15H2,1-6H3. The lowest BCUT2D eigenvalue weighted by Crippen LogP contribution is -2.63. The van der Waals surface area contributed by atoms with Gasteiger partial charge in [0.2, 0.25) is 0 Å². The van der Waals surface area contributed by atoms with E-state index in [1.54, 1.807) is 12.2 Å². The molecule has 5 heteroatoms. The van der Waals surface area contributed by atoms with Gasteiger partial charge in [0.25, 0.3) is 0 Å². The molecule has 5 nitrogen and oxygen atoms in total. The maximum Gasteiger partial charge on any atom is 0.334 e. The molecule has 3 saturated carbocycles. The molecule has 0 aromatic heterocycles. The van der Waals surface area contributed by atoms with Gasteiger partial charge >= 0.3 is 5.97 Å². The highest BCUT2D eigenvalue weighted by Crippen LogP contribution is 2.86. The monoisotopic (exact) mass is 482 g/mol. The normalized spacial score (nSPS) is 53.3. The van der Waals surface area contributed by atoms with Crippen molar-refractivity contribution in [3.8, 4) is 0 Å². The van der Waals surface area contributed by atoms with Crippen LogP contribution in [0.15, 0.2) is 23.3 Å². The fourth-order valence-electron chi connectivity index (χ4n) is 10.9. The lowest BCUT2D eigenvalue weighted by Gasteiger charge is -2.58. The molecule has 192 valence electrons. The molecule has 11 atom stereocenters. The minimum Gasteiger partial charge on any atom is -0.458 e. The Labute approximate surface area is 209 Å². The zero-order valence-corrected chi connectivity index (χ0v) is 22.2. The number of allylic oxidation sites excluding steroid dienone is 1. The molecule has 4 fully saturated rings. The minimum atomic E-state index is -0.828. The second kappa shape index (κ2) is 7.31. The first-order valence-corrected chi connectivity index (χ1v) is 13.9. The minimum absolute atomic E-state index is 0.0495. The summed E-state index contributed by atoms with van der Waals surface area (Å²) in [6.45, 7) is 13.7. The largest absolute Gasteiger partial charge is 0.458 e. The van der Waals surface area contributed by atoms with Crippen molar-refractivity contribution in [2.45, 2.75) is 97.9 Å². The Hall–Kier alpha value is -1.46. The third kappa shape index (κ3) is 2.53. The Morgan fingerprint density at radius 3 is 2.60 bits per heavy atom. The molecule has 35 heavy (non-hydrogen) atoms. The molecule has 1 saturated heterocycles. The van der Waals surface area contributed by atoms with Gasteiger partial charge in [0, 0.05) is 12.0 Å². The molecule has 0 radical (unpaired) electrons. The van der Waals surface area contributed by atoms with Crippen molar-refractivity contribution < 1.29 is 24.2 Å². The summed E-state index contributed by atoms with van der Waals surface area (Å²) in [6.07, 6.45) is 8.46. The van der Waals surface area contributed by atoms with Crippen LogP contribution in [0.2, 0.25) is 0 Å². The van der Waals surface area contributed by atoms with E-state index in [2.05, 4.69) is 27.7 Å². The van der Waals surface area contributed by atoms with Gasteiger partial charge in [-0.05, 0) is 98.5 Å². The van der Waals surface area contributed by atoms with Crippen molar-refractivity contribution in [1.82, 2.24) is 0 Å². The summed E-state index contributed by atoms with van der Waals surface area (Å²) >= 11 is 0. The van der Waals surface area contributed by atoms with Crippen LogP contribution in [0.25, 0.3) is 0 Å². The number of ketones is 1. The number of rotatable bonds is 3. The van der Waals surface area contributed by atoms with E-state index >= 15 is 0 Å². The van der Waals surface area contributed by atoms with E-state index in [-0.39, 0.29) is 34.6 Å². The van der Waals surface area contributed by atoms with Gasteiger partial charge in [0.1, 0.15) is 17.8 Å². The highest BCUT2D eigenvalue weighted by molar-refractivity contribution is 6.01. The van der Waals surface area contributed by atoms with Gasteiger partial charge in [-0.1, -0.05) is 33.3 Å². The maximum absolute atomic E-state index is 13.5. The molecule has 4 aliphatic carbocycles. The summed E-state index contributed by atoms with van der Waals surface area (Å²) in [6, 6.07) is 0. The summed E-state index contributed by atoms with van der Waals surface area (Å²) in [4.78, 5) is 26.2. The van der Waals surface area contributed by atoms with Crippen molar-refractivity contribution in [1.29, 1.82) is 0 Å². The summed E-state index contributed by atoms with van der Waals surface area (Å²) < 4.78 is 12.6. The summed E-state index contributed by atoms with van der Waals surface area (Å²) in [5.74, 6) is 1.89. The number of ether oxygens (including phenoxy) is 2. The molecule has 6 aliphatic rings. The van der Waals surface area contributed by atoms with Crippen LogP contribution in [0, 0.1) is 45.8 Å². The Bertz CT molecular complexity index is 1040. The lowest BCUT2D eigenvalue weighted by atomic mass is 9.51. The van der Waals surface area contributed by atoms with Gasteiger partial charge in [-0.3, -0.25) is 4.79 Å². The molecule has 0 bridgehead atoms. The zero-order valence-electron chi connectivity index (χ0n) is 22.2. The van der Waals surface area contributed by atoms with Gasteiger partial charge in [-0.2, -0.15) is 0 Å². The van der Waals surface area contributed by atoms with Crippen LogP contribution in [0.5, 0.6) is 0 Å². The Morgan fingerprint density at radius 2 is 1.91 bits per heavy atom. The smallest absolute Gasteiger partial charge is 0.334 e. The molecule has 1 N–H and O–H groups in total. The van der Waals surface area contributed by atoms with E-state index in [9.17, 15) is 14.7 Å². The molecule has 0 aromatic carbocycles. The van der Waals surface area contributed by atoms with E-state index in [1.807, 2.05) is 13.8 Å². The topological polar surface area (TPSA) is 72.8 Å². The van der Waals surface area contributed by atoms with E-state index < -0.39 is 17.1 Å². The Kier molecular flexibility index (Phi) is 4.99. The summed E-state index contributed by atoms with van der Waals surface area (Å²) in [5, 5.41) is 10.9. The van der Waals surface area contributed by atoms with Gasteiger partial charge in [0.05, 0.1) is 12.0 Å². The number of fused-ring (bicyclic) bond motifs is 2. The fraction of sp³-hybridized carbons (Fsp3) is 0.800. The molecule has 2 aliphatic heterocycles. The predicted octanol–water partition coefficient (Wildman–Crippen LogP) is 5.02. The van der Waals surface area contributed by atoms with Crippen molar-refractivity contribution in [3.63, 3.8) is 0 Å². The predicted molar refractivity (Wildman–Crippen MR) is 132 cm³/mol. The third-order valence-electron chi connectivity index (χ3n) is 12.6. The number of carbonyl (C=O) groups is 2. The number of carbonyl (C=O) groups excluding carboxylic acids is 2. The molecular formula is C30H42O5. The van der Waals surface area contributed by atoms with Crippen LogP contribution in [0.3, 0.4) is 0 Å². The van der Waals surface area contributed by atoms with Crippen molar-refractivity contribution in [2.75, 3.05) is 6.61 Å². The number of hydrogen-bond acceptors (Lipinski definition) is 5. The highest BCUT2D eigenvalue weighted by Gasteiger charge is 2.90. The number of hydrogen-bond donors (Lipinski definition) is 1. The zero-order chi connectivity index (χ0) is 25.1. The first-order valence-electron chi connectivity index (χ1n) is 13.9. The van der Waals surface area contributed by atoms with E-state index in [1.165, 1.54) is 5.57 Å². The van der Waals surface area contributed by atoms with Crippen molar-refractivity contribution >= 4 is 11.8 Å². The summed E-state index contributed by atoms with van der Waals surface area (Å²) in [7, 11) is 0. The molecule has 6 rings (SSSR count). The van der Waals surface area contributed by atoms with Crippen LogP contribution >= 0.6 is 0 Å². The molecule has 2 spiro atoms. The van der Waals surface area contributed by atoms with Crippen LogP contribution in [-0.2, 0) is 19.1 Å². The van der Waals surface area contributed by atoms with Crippen molar-refractivity contribution in [3.05, 3.63) is 23.3 Å². The maximum atomic E-state index is 13.5. The molecule has 0 aromatic rings. The van der Waals surface area contributed by atoms with Gasteiger partial charge in [0.15, 0.2) is 5.78 Å². The number of aliphatic hydroxyl groups excluding tert-OH is 1. The van der Waals surface area contributed by atoms with Crippen LogP contribution in [0.1, 0.15) is 80.1 Å². The molecular weight excluding hydrogens is 440 g/mol. The van der Waals surface area contributed by atoms with E-state index in [0.717, 1.165) is 44.1 Å². The quantitative estimate of drug-likeness (QED) is 0.572. The van der Waals surface area contributed by atoms with E-state index in [0.29, 0.717) is 30.3 Å². The molecule has 2 heterocycles. The van der Waals surface area contributed by atoms with Crippen LogP contribution < -0.4 is 0 Å².